The van der Waals surface area contributed by atoms with Crippen molar-refractivity contribution in [3.8, 4) is 0 Å². The smallest absolute Gasteiger partial charge is 0.326 e. The Kier molecular flexibility index (Phi) is 5.08. The van der Waals surface area contributed by atoms with Crippen LogP contribution in [0.2, 0.25) is 0 Å². The van der Waals surface area contributed by atoms with E-state index in [4.69, 9.17) is 0 Å². The summed E-state index contributed by atoms with van der Waals surface area (Å²) in [6.45, 7) is 3.06. The number of halogens is 3. The van der Waals surface area contributed by atoms with Gasteiger partial charge in [0, 0.05) is 12.4 Å². The highest BCUT2D eigenvalue weighted by Gasteiger charge is 2.43. The van der Waals surface area contributed by atoms with Crippen molar-refractivity contribution in [2.24, 2.45) is 5.92 Å². The number of carbonyl (C=O) groups is 1. The van der Waals surface area contributed by atoms with Crippen molar-refractivity contribution in [3.05, 3.63) is 18.5 Å². The lowest BCUT2D eigenvalue weighted by Gasteiger charge is -2.26. The summed E-state index contributed by atoms with van der Waals surface area (Å²) in [5, 5.41) is 4.05. The Bertz CT molecular complexity index is 410. The van der Waals surface area contributed by atoms with Gasteiger partial charge in [0.05, 0.1) is 0 Å². The van der Waals surface area contributed by atoms with Gasteiger partial charge in [-0.2, -0.15) is 13.2 Å². The molecule has 0 spiro atoms. The molecule has 0 aliphatic heterocycles. The van der Waals surface area contributed by atoms with E-state index in [-0.39, 0.29) is 5.95 Å². The normalized spacial score (nSPS) is 14.6. The highest BCUT2D eigenvalue weighted by atomic mass is 19.4. The molecule has 0 fully saturated rings. The van der Waals surface area contributed by atoms with Crippen molar-refractivity contribution in [3.63, 3.8) is 0 Å². The molecule has 5 nitrogen and oxygen atoms in total. The molecule has 2 atom stereocenters. The number of amides is 2. The number of urea groups is 1. The Morgan fingerprint density at radius 3 is 2.42 bits per heavy atom. The Balaban J connectivity index is 2.67. The minimum absolute atomic E-state index is 0.0509. The molecule has 1 heterocycles. The average molecular weight is 276 g/mol. The Morgan fingerprint density at radius 1 is 1.37 bits per heavy atom. The zero-order valence-electron chi connectivity index (χ0n) is 10.5. The number of anilines is 1. The molecule has 2 N–H and O–H groups in total. The third kappa shape index (κ3) is 4.72. The van der Waals surface area contributed by atoms with Gasteiger partial charge < -0.3 is 5.32 Å². The first-order chi connectivity index (χ1) is 8.84. The van der Waals surface area contributed by atoms with Crippen LogP contribution in [0.1, 0.15) is 20.3 Å². The number of rotatable bonds is 4. The Hall–Kier alpha value is -1.86. The van der Waals surface area contributed by atoms with E-state index >= 15 is 0 Å². The molecular formula is C11H15F3N4O. The standard InChI is InChI=1S/C11H15F3N4O/c1-3-7(2)8(11(12,13)14)17-10(19)18-9-15-5-4-6-16-9/h4-8H,3H2,1-2H3,(H2,15,16,17,18,19). The van der Waals surface area contributed by atoms with Gasteiger partial charge in [0.25, 0.3) is 0 Å². The van der Waals surface area contributed by atoms with Crippen molar-refractivity contribution in [1.29, 1.82) is 0 Å². The van der Waals surface area contributed by atoms with Crippen LogP contribution in [0.3, 0.4) is 0 Å². The molecule has 0 saturated heterocycles. The molecule has 0 aliphatic carbocycles. The molecule has 0 radical (unpaired) electrons. The van der Waals surface area contributed by atoms with Crippen LogP contribution in [0.25, 0.3) is 0 Å². The van der Waals surface area contributed by atoms with Crippen LogP contribution >= 0.6 is 0 Å². The SMILES string of the molecule is CCC(C)C(NC(=O)Nc1ncccn1)C(F)(F)F. The second kappa shape index (κ2) is 6.35. The van der Waals surface area contributed by atoms with Gasteiger partial charge in [0.1, 0.15) is 6.04 Å². The van der Waals surface area contributed by atoms with E-state index in [0.29, 0.717) is 6.42 Å². The third-order valence-corrected chi connectivity index (χ3v) is 2.64. The van der Waals surface area contributed by atoms with Crippen LogP contribution < -0.4 is 10.6 Å². The Morgan fingerprint density at radius 2 is 1.95 bits per heavy atom. The molecule has 0 saturated carbocycles. The maximum atomic E-state index is 12.8. The highest BCUT2D eigenvalue weighted by molar-refractivity contribution is 5.87. The number of nitrogens with one attached hydrogen (secondary N) is 2. The topological polar surface area (TPSA) is 66.9 Å². The number of hydrogen-bond donors (Lipinski definition) is 2. The number of alkyl halides is 3. The first kappa shape index (κ1) is 15.2. The first-order valence-electron chi connectivity index (χ1n) is 5.75. The molecule has 0 aromatic carbocycles. The summed E-state index contributed by atoms with van der Waals surface area (Å²) >= 11 is 0. The van der Waals surface area contributed by atoms with Gasteiger partial charge in [0.15, 0.2) is 0 Å². The predicted octanol–water partition coefficient (Wildman–Crippen LogP) is 2.58. The molecule has 1 rings (SSSR count). The van der Waals surface area contributed by atoms with Crippen LogP contribution in [-0.2, 0) is 0 Å². The van der Waals surface area contributed by atoms with Gasteiger partial charge in [-0.05, 0) is 12.0 Å². The summed E-state index contributed by atoms with van der Waals surface area (Å²) < 4.78 is 38.3. The van der Waals surface area contributed by atoms with E-state index in [1.54, 1.807) is 6.92 Å². The lowest BCUT2D eigenvalue weighted by Crippen LogP contribution is -2.50. The molecule has 0 bridgehead atoms. The van der Waals surface area contributed by atoms with Crippen LogP contribution in [0.5, 0.6) is 0 Å². The zero-order chi connectivity index (χ0) is 14.5. The Labute approximate surface area is 108 Å². The summed E-state index contributed by atoms with van der Waals surface area (Å²) in [5.74, 6) is -0.771. The van der Waals surface area contributed by atoms with Crippen molar-refractivity contribution in [2.75, 3.05) is 5.32 Å². The monoisotopic (exact) mass is 276 g/mol. The van der Waals surface area contributed by atoms with Gasteiger partial charge in [-0.25, -0.2) is 14.8 Å². The molecule has 106 valence electrons. The van der Waals surface area contributed by atoms with Crippen molar-refractivity contribution in [2.45, 2.75) is 32.5 Å². The van der Waals surface area contributed by atoms with Crippen molar-refractivity contribution in [1.82, 2.24) is 15.3 Å². The molecular weight excluding hydrogens is 261 g/mol. The van der Waals surface area contributed by atoms with Gasteiger partial charge in [-0.15, -0.1) is 0 Å². The lowest BCUT2D eigenvalue weighted by atomic mass is 9.99. The van der Waals surface area contributed by atoms with Gasteiger partial charge in [-0.1, -0.05) is 20.3 Å². The zero-order valence-corrected chi connectivity index (χ0v) is 10.5. The molecule has 0 aliphatic rings. The lowest BCUT2D eigenvalue weighted by molar-refractivity contribution is -0.163. The van der Waals surface area contributed by atoms with Gasteiger partial charge >= 0.3 is 12.2 Å². The maximum absolute atomic E-state index is 12.8. The van der Waals surface area contributed by atoms with E-state index in [9.17, 15) is 18.0 Å². The molecule has 2 unspecified atom stereocenters. The van der Waals surface area contributed by atoms with Crippen LogP contribution in [0.4, 0.5) is 23.9 Å². The van der Waals surface area contributed by atoms with Crippen molar-refractivity contribution >= 4 is 12.0 Å². The number of carbonyl (C=O) groups excluding carboxylic acids is 1. The number of nitrogens with zero attached hydrogens (tertiary/aromatic N) is 2. The van der Waals surface area contributed by atoms with E-state index in [2.05, 4.69) is 15.3 Å². The van der Waals surface area contributed by atoms with E-state index in [0.717, 1.165) is 0 Å². The fraction of sp³-hybridized carbons (Fsp3) is 0.545. The predicted molar refractivity (Wildman–Crippen MR) is 63.5 cm³/mol. The molecule has 1 aromatic heterocycles. The molecule has 2 amide bonds. The average Bonchev–Trinajstić information content (AvgIpc) is 2.35. The van der Waals surface area contributed by atoms with E-state index in [1.165, 1.54) is 25.4 Å². The highest BCUT2D eigenvalue weighted by Crippen LogP contribution is 2.27. The fourth-order valence-corrected chi connectivity index (χ4v) is 1.42. The minimum atomic E-state index is -4.50. The molecule has 1 aromatic rings. The fourth-order valence-electron chi connectivity index (χ4n) is 1.42. The summed E-state index contributed by atoms with van der Waals surface area (Å²) in [5.41, 5.74) is 0. The second-order valence-electron chi connectivity index (χ2n) is 4.08. The summed E-state index contributed by atoms with van der Waals surface area (Å²) in [6.07, 6.45) is -1.45. The van der Waals surface area contributed by atoms with E-state index in [1.807, 2.05) is 5.32 Å². The summed E-state index contributed by atoms with van der Waals surface area (Å²) in [7, 11) is 0. The first-order valence-corrected chi connectivity index (χ1v) is 5.75. The maximum Gasteiger partial charge on any atom is 0.408 e. The van der Waals surface area contributed by atoms with Crippen LogP contribution in [0.15, 0.2) is 18.5 Å². The van der Waals surface area contributed by atoms with Gasteiger partial charge in [-0.3, -0.25) is 5.32 Å². The van der Waals surface area contributed by atoms with Gasteiger partial charge in [0.2, 0.25) is 5.95 Å². The summed E-state index contributed by atoms with van der Waals surface area (Å²) in [4.78, 5) is 18.9. The quantitative estimate of drug-likeness (QED) is 0.888. The van der Waals surface area contributed by atoms with E-state index < -0.39 is 24.2 Å². The van der Waals surface area contributed by atoms with Crippen LogP contribution in [-0.4, -0.2) is 28.2 Å². The molecule has 19 heavy (non-hydrogen) atoms. The minimum Gasteiger partial charge on any atom is -0.326 e. The van der Waals surface area contributed by atoms with Crippen LogP contribution in [0, 0.1) is 5.92 Å². The third-order valence-electron chi connectivity index (χ3n) is 2.64. The van der Waals surface area contributed by atoms with Crippen molar-refractivity contribution < 1.29 is 18.0 Å². The second-order valence-corrected chi connectivity index (χ2v) is 4.08. The largest absolute Gasteiger partial charge is 0.408 e. The summed E-state index contributed by atoms with van der Waals surface area (Å²) in [6, 6.07) is -1.35. The number of hydrogen-bond acceptors (Lipinski definition) is 3. The number of aromatic nitrogens is 2. The molecule has 8 heteroatoms.